The molecule has 0 aliphatic carbocycles. The van der Waals surface area contributed by atoms with Crippen LogP contribution in [0.15, 0.2) is 41.2 Å². The Labute approximate surface area is 168 Å². The van der Waals surface area contributed by atoms with E-state index in [1.807, 2.05) is 19.2 Å². The second-order valence-electron chi connectivity index (χ2n) is 8.06. The van der Waals surface area contributed by atoms with Crippen LogP contribution < -0.4 is 10.6 Å². The summed E-state index contributed by atoms with van der Waals surface area (Å²) in [5.41, 5.74) is 2.93. The van der Waals surface area contributed by atoms with Gasteiger partial charge >= 0.3 is 5.97 Å². The summed E-state index contributed by atoms with van der Waals surface area (Å²) in [5, 5.41) is 13.9. The molecule has 1 heterocycles. The summed E-state index contributed by atoms with van der Waals surface area (Å²) >= 11 is 0. The fraction of sp³-hybridized carbons (Fsp3) is 0.500. The van der Waals surface area contributed by atoms with Crippen LogP contribution in [0.4, 0.5) is 0 Å². The molecular formula is C22H33N3O3. The van der Waals surface area contributed by atoms with Crippen LogP contribution in [0.25, 0.3) is 0 Å². The van der Waals surface area contributed by atoms with E-state index in [1.165, 1.54) is 11.1 Å². The van der Waals surface area contributed by atoms with Gasteiger partial charge in [0.15, 0.2) is 0 Å². The third kappa shape index (κ3) is 9.35. The number of unbranched alkanes of at least 4 members (excludes halogenated alkanes) is 1. The van der Waals surface area contributed by atoms with E-state index in [-0.39, 0.29) is 12.3 Å². The van der Waals surface area contributed by atoms with E-state index in [4.69, 9.17) is 5.11 Å². The summed E-state index contributed by atoms with van der Waals surface area (Å²) in [4.78, 5) is 25.6. The second kappa shape index (κ2) is 11.3. The molecule has 3 N–H and O–H groups in total. The van der Waals surface area contributed by atoms with Gasteiger partial charge < -0.3 is 15.7 Å². The molecular weight excluding hydrogens is 354 g/mol. The monoisotopic (exact) mass is 387 g/mol. The predicted molar refractivity (Wildman–Crippen MR) is 113 cm³/mol. The lowest BCUT2D eigenvalue weighted by Gasteiger charge is -2.17. The summed E-state index contributed by atoms with van der Waals surface area (Å²) in [6.07, 6.45) is 6.53. The number of carbonyl (C=O) groups excluding carboxylic acids is 1. The van der Waals surface area contributed by atoms with Crippen LogP contribution in [-0.2, 0) is 16.0 Å². The number of aliphatic carboxylic acids is 1. The Morgan fingerprint density at radius 2 is 1.89 bits per heavy atom. The van der Waals surface area contributed by atoms with Gasteiger partial charge in [-0.25, -0.2) is 0 Å². The van der Waals surface area contributed by atoms with Gasteiger partial charge in [-0.15, -0.1) is 0 Å². The minimum Gasteiger partial charge on any atom is -0.481 e. The summed E-state index contributed by atoms with van der Waals surface area (Å²) in [7, 11) is 1.79. The van der Waals surface area contributed by atoms with Crippen molar-refractivity contribution in [2.45, 2.75) is 59.4 Å². The van der Waals surface area contributed by atoms with Gasteiger partial charge in [0.05, 0.1) is 6.42 Å². The first-order valence-corrected chi connectivity index (χ1v) is 9.65. The Kier molecular flexibility index (Phi) is 9.42. The molecule has 28 heavy (non-hydrogen) atoms. The molecule has 0 aromatic heterocycles. The number of amides is 1. The third-order valence-electron chi connectivity index (χ3n) is 3.91. The molecule has 0 saturated carbocycles. The minimum absolute atomic E-state index is 0.185. The summed E-state index contributed by atoms with van der Waals surface area (Å²) < 4.78 is 0. The lowest BCUT2D eigenvalue weighted by atomic mass is 9.88. The van der Waals surface area contributed by atoms with Gasteiger partial charge in [0, 0.05) is 13.3 Å². The lowest BCUT2D eigenvalue weighted by Crippen LogP contribution is -2.30. The largest absolute Gasteiger partial charge is 0.481 e. The zero-order valence-electron chi connectivity index (χ0n) is 17.6. The number of allylic oxidation sites excluding steroid dienone is 1. The molecule has 154 valence electrons. The maximum atomic E-state index is 11.2. The van der Waals surface area contributed by atoms with Crippen LogP contribution in [-0.4, -0.2) is 36.3 Å². The second-order valence-corrected chi connectivity index (χ2v) is 8.06. The number of hydrogen-bond donors (Lipinski definition) is 3. The van der Waals surface area contributed by atoms with Crippen LogP contribution in [0.1, 0.15) is 58.1 Å². The number of hydrogen-bond acceptors (Lipinski definition) is 4. The summed E-state index contributed by atoms with van der Waals surface area (Å²) in [6, 6.07) is 7.97. The van der Waals surface area contributed by atoms with Gasteiger partial charge in [-0.1, -0.05) is 58.4 Å². The molecule has 1 atom stereocenters. The van der Waals surface area contributed by atoms with Gasteiger partial charge in [0.25, 0.3) is 0 Å². The number of carbonyl (C=O) groups is 2. The molecule has 1 aromatic rings. The summed E-state index contributed by atoms with van der Waals surface area (Å²) in [5.74, 6) is -0.618. The fourth-order valence-corrected chi connectivity index (χ4v) is 2.71. The first-order chi connectivity index (χ1) is 13.1. The number of carboxylic acids is 1. The van der Waals surface area contributed by atoms with Crippen molar-refractivity contribution < 1.29 is 14.7 Å². The standard InChI is InChI=1S/C13H19N.C9H14N2O3/c1-13(2,3)9-11-5-7-12(8-6-11)10-14-4;1-2-3-4-7-10-6(5-8(12)13)9(14)11-7/h5-8,10H,9H2,1-4H3;4,6,10H,2-3,5H2,1H3,(H,11,14)(H,12,13)/b;7-4+. The van der Waals surface area contributed by atoms with Gasteiger partial charge in [0.1, 0.15) is 11.9 Å². The Bertz CT molecular complexity index is 701. The molecule has 1 unspecified atom stereocenters. The van der Waals surface area contributed by atoms with Crippen molar-refractivity contribution in [2.24, 2.45) is 10.4 Å². The number of carboxylic acid groups (broad SMARTS) is 1. The number of rotatable bonds is 6. The number of benzene rings is 1. The quantitative estimate of drug-likeness (QED) is 0.652. The third-order valence-corrected chi connectivity index (χ3v) is 3.91. The maximum absolute atomic E-state index is 11.2. The van der Waals surface area contributed by atoms with Gasteiger partial charge in [-0.3, -0.25) is 14.6 Å². The highest BCUT2D eigenvalue weighted by atomic mass is 16.4. The molecule has 2 rings (SSSR count). The van der Waals surface area contributed by atoms with Gasteiger partial charge in [0.2, 0.25) is 5.91 Å². The molecule has 0 radical (unpaired) electrons. The molecule has 0 bridgehead atoms. The van der Waals surface area contributed by atoms with Crippen molar-refractivity contribution in [1.29, 1.82) is 0 Å². The summed E-state index contributed by atoms with van der Waals surface area (Å²) in [6.45, 7) is 8.81. The smallest absolute Gasteiger partial charge is 0.305 e. The average molecular weight is 388 g/mol. The molecule has 1 saturated heterocycles. The lowest BCUT2D eigenvalue weighted by molar-refractivity contribution is -0.139. The molecule has 1 aliphatic rings. The van der Waals surface area contributed by atoms with Crippen molar-refractivity contribution in [3.8, 4) is 0 Å². The zero-order chi connectivity index (χ0) is 21.2. The van der Waals surface area contributed by atoms with Crippen LogP contribution in [0, 0.1) is 5.41 Å². The SMILES string of the molecule is CCC/C=C1/NC(=O)C(CC(=O)O)N1.CN=Cc1ccc(CC(C)(C)C)cc1. The Hall–Kier alpha value is -2.63. The molecule has 6 nitrogen and oxygen atoms in total. The molecule has 0 spiro atoms. The van der Waals surface area contributed by atoms with Gasteiger partial charge in [-0.2, -0.15) is 0 Å². The maximum Gasteiger partial charge on any atom is 0.305 e. The van der Waals surface area contributed by atoms with E-state index in [9.17, 15) is 9.59 Å². The Morgan fingerprint density at radius 3 is 2.39 bits per heavy atom. The van der Waals surface area contributed by atoms with E-state index in [0.29, 0.717) is 11.2 Å². The number of aliphatic imine (C=N–C) groups is 1. The fourth-order valence-electron chi connectivity index (χ4n) is 2.71. The van der Waals surface area contributed by atoms with Crippen molar-refractivity contribution in [3.05, 3.63) is 47.3 Å². The molecule has 1 amide bonds. The molecule has 1 aliphatic heterocycles. The van der Waals surface area contributed by atoms with Crippen LogP contribution in [0.2, 0.25) is 0 Å². The molecule has 1 fully saturated rings. The van der Waals surface area contributed by atoms with E-state index in [2.05, 4.69) is 60.7 Å². The average Bonchev–Trinajstić information content (AvgIpc) is 2.93. The van der Waals surface area contributed by atoms with Crippen molar-refractivity contribution >= 4 is 18.1 Å². The Morgan fingerprint density at radius 1 is 1.25 bits per heavy atom. The van der Waals surface area contributed by atoms with Crippen molar-refractivity contribution in [1.82, 2.24) is 10.6 Å². The zero-order valence-corrected chi connectivity index (χ0v) is 17.6. The topological polar surface area (TPSA) is 90.8 Å². The van der Waals surface area contributed by atoms with Crippen LogP contribution >= 0.6 is 0 Å². The highest BCUT2D eigenvalue weighted by molar-refractivity contribution is 5.89. The predicted octanol–water partition coefficient (Wildman–Crippen LogP) is 3.51. The highest BCUT2D eigenvalue weighted by Gasteiger charge is 2.28. The highest BCUT2D eigenvalue weighted by Crippen LogP contribution is 2.20. The van der Waals surface area contributed by atoms with E-state index < -0.39 is 12.0 Å². The van der Waals surface area contributed by atoms with E-state index >= 15 is 0 Å². The van der Waals surface area contributed by atoms with Crippen molar-refractivity contribution in [2.75, 3.05) is 7.05 Å². The van der Waals surface area contributed by atoms with E-state index in [0.717, 1.165) is 19.3 Å². The molecule has 1 aromatic carbocycles. The number of nitrogens with zero attached hydrogens (tertiary/aromatic N) is 1. The number of nitrogens with one attached hydrogen (secondary N) is 2. The normalized spacial score (nSPS) is 17.8. The van der Waals surface area contributed by atoms with E-state index in [1.54, 1.807) is 7.05 Å². The van der Waals surface area contributed by atoms with Crippen molar-refractivity contribution in [3.63, 3.8) is 0 Å². The van der Waals surface area contributed by atoms with Gasteiger partial charge in [-0.05, 0) is 35.5 Å². The molecule has 6 heteroatoms. The Balaban J connectivity index is 0.000000280. The van der Waals surface area contributed by atoms with Crippen LogP contribution in [0.5, 0.6) is 0 Å². The van der Waals surface area contributed by atoms with Crippen LogP contribution in [0.3, 0.4) is 0 Å². The first kappa shape index (κ1) is 23.4. The first-order valence-electron chi connectivity index (χ1n) is 9.65. The minimum atomic E-state index is -0.977.